The van der Waals surface area contributed by atoms with Gasteiger partial charge in [-0.3, -0.25) is 22.7 Å². The SMILES string of the molecule is O=PCO[PH](=O)OCP=O. The van der Waals surface area contributed by atoms with Crippen molar-refractivity contribution in [3.05, 3.63) is 0 Å². The van der Waals surface area contributed by atoms with E-state index in [0.717, 1.165) is 0 Å². The van der Waals surface area contributed by atoms with Gasteiger partial charge >= 0.3 is 8.25 Å². The normalized spacial score (nSPS) is 14.0. The maximum atomic E-state index is 10.4. The zero-order valence-corrected chi connectivity index (χ0v) is 7.64. The van der Waals surface area contributed by atoms with Crippen molar-refractivity contribution in [2.24, 2.45) is 0 Å². The van der Waals surface area contributed by atoms with E-state index in [9.17, 15) is 13.7 Å². The second-order valence-corrected chi connectivity index (χ2v) is 3.17. The Hall–Kier alpha value is 0.350. The van der Waals surface area contributed by atoms with Crippen LogP contribution in [0.25, 0.3) is 0 Å². The lowest BCUT2D eigenvalue weighted by Gasteiger charge is -1.95. The molecule has 8 heteroatoms. The highest BCUT2D eigenvalue weighted by Gasteiger charge is 1.97. The third-order valence-corrected chi connectivity index (χ3v) is 2.19. The molecule has 0 saturated heterocycles. The van der Waals surface area contributed by atoms with Gasteiger partial charge < -0.3 is 0 Å². The standard InChI is InChI=1S/C2H5O5P3/c3-8-1-6-10(5)7-2-9-4/h10H,1-2H2. The highest BCUT2D eigenvalue weighted by molar-refractivity contribution is 7.35. The molecule has 0 aromatic carbocycles. The first-order valence-electron chi connectivity index (χ1n) is 2.19. The summed E-state index contributed by atoms with van der Waals surface area (Å²) in [5.41, 5.74) is 0. The summed E-state index contributed by atoms with van der Waals surface area (Å²) in [6.07, 6.45) is -0.318. The van der Waals surface area contributed by atoms with Crippen LogP contribution in [0.3, 0.4) is 0 Å². The Kier molecular flexibility index (Phi) is 7.72. The van der Waals surface area contributed by atoms with Crippen molar-refractivity contribution in [3.8, 4) is 0 Å². The summed E-state index contributed by atoms with van der Waals surface area (Å²) in [6, 6.07) is 0. The second kappa shape index (κ2) is 7.46. The average molecular weight is 202 g/mol. The smallest absolute Gasteiger partial charge is 0.298 e. The van der Waals surface area contributed by atoms with Gasteiger partial charge in [-0.15, -0.1) is 0 Å². The molecule has 0 unspecified atom stereocenters. The molecule has 0 saturated carbocycles. The van der Waals surface area contributed by atoms with Crippen LogP contribution in [0.15, 0.2) is 0 Å². The van der Waals surface area contributed by atoms with E-state index in [1.54, 1.807) is 0 Å². The second-order valence-electron chi connectivity index (χ2n) is 1.06. The molecule has 0 aromatic heterocycles. The molecule has 0 bridgehead atoms. The molecule has 0 aromatic rings. The van der Waals surface area contributed by atoms with E-state index in [-0.39, 0.29) is 29.6 Å². The molecular formula is C2H5O5P3. The van der Waals surface area contributed by atoms with Gasteiger partial charge in [-0.2, -0.15) is 0 Å². The zero-order chi connectivity index (χ0) is 7.82. The van der Waals surface area contributed by atoms with Crippen molar-refractivity contribution < 1.29 is 22.7 Å². The minimum absolute atomic E-state index is 0.159. The molecule has 0 spiro atoms. The predicted octanol–water partition coefficient (Wildman–Crippen LogP) is 1.91. The van der Waals surface area contributed by atoms with E-state index in [1.807, 2.05) is 0 Å². The number of rotatable bonds is 6. The summed E-state index contributed by atoms with van der Waals surface area (Å²) in [5.74, 6) is 0. The van der Waals surface area contributed by atoms with Crippen LogP contribution >= 0.6 is 25.2 Å². The van der Waals surface area contributed by atoms with Crippen molar-refractivity contribution in [1.29, 1.82) is 0 Å². The van der Waals surface area contributed by atoms with Crippen LogP contribution in [-0.2, 0) is 22.7 Å². The fourth-order valence-corrected chi connectivity index (χ4v) is 1.55. The predicted molar refractivity (Wildman–Crippen MR) is 36.1 cm³/mol. The Balaban J connectivity index is 3.24. The van der Waals surface area contributed by atoms with Gasteiger partial charge in [0.15, 0.2) is 16.9 Å². The Morgan fingerprint density at radius 2 is 1.50 bits per heavy atom. The lowest BCUT2D eigenvalue weighted by atomic mass is 11.7. The minimum atomic E-state index is -2.58. The van der Waals surface area contributed by atoms with Crippen LogP contribution in [0.2, 0.25) is 0 Å². The van der Waals surface area contributed by atoms with Gasteiger partial charge in [0, 0.05) is 0 Å². The molecule has 0 aliphatic rings. The lowest BCUT2D eigenvalue weighted by Crippen LogP contribution is -1.78. The molecule has 0 amide bonds. The molecule has 0 aliphatic carbocycles. The van der Waals surface area contributed by atoms with E-state index in [2.05, 4.69) is 9.05 Å². The van der Waals surface area contributed by atoms with Crippen LogP contribution in [0, 0.1) is 0 Å². The minimum Gasteiger partial charge on any atom is -0.298 e. The summed E-state index contributed by atoms with van der Waals surface area (Å²) in [6.45, 7) is 0. The molecule has 0 fully saturated rings. The molecule has 0 atom stereocenters. The Morgan fingerprint density at radius 3 is 1.80 bits per heavy atom. The van der Waals surface area contributed by atoms with Gasteiger partial charge in [-0.25, -0.2) is 0 Å². The summed E-state index contributed by atoms with van der Waals surface area (Å²) in [4.78, 5) is 0. The first kappa shape index (κ1) is 10.3. The van der Waals surface area contributed by atoms with E-state index in [1.165, 1.54) is 0 Å². The van der Waals surface area contributed by atoms with Gasteiger partial charge in [0.2, 0.25) is 0 Å². The van der Waals surface area contributed by atoms with Crippen molar-refractivity contribution in [3.63, 3.8) is 0 Å². The Labute approximate surface area is 61.4 Å². The maximum absolute atomic E-state index is 10.4. The van der Waals surface area contributed by atoms with Crippen LogP contribution < -0.4 is 0 Å². The largest absolute Gasteiger partial charge is 0.320 e. The summed E-state index contributed by atoms with van der Waals surface area (Å²) in [7, 11) is -3.07. The van der Waals surface area contributed by atoms with Crippen LogP contribution in [0.1, 0.15) is 0 Å². The molecule has 0 N–H and O–H groups in total. The molecule has 10 heavy (non-hydrogen) atoms. The van der Waals surface area contributed by atoms with Gasteiger partial charge in [0.05, 0.1) is 0 Å². The summed E-state index contributed by atoms with van der Waals surface area (Å²) < 4.78 is 38.5. The average Bonchev–Trinajstić information content (AvgIpc) is 1.97. The van der Waals surface area contributed by atoms with E-state index in [4.69, 9.17) is 0 Å². The summed E-state index contributed by atoms with van der Waals surface area (Å²) in [5, 5.41) is 0. The first-order chi connectivity index (χ1) is 4.81. The highest BCUT2D eigenvalue weighted by Crippen LogP contribution is 2.26. The number of hydrogen-bond acceptors (Lipinski definition) is 5. The molecule has 5 nitrogen and oxygen atoms in total. The molecule has 0 heterocycles. The zero-order valence-electron chi connectivity index (χ0n) is 4.85. The van der Waals surface area contributed by atoms with Gasteiger partial charge in [-0.05, 0) is 0 Å². The van der Waals surface area contributed by atoms with Gasteiger partial charge in [0.1, 0.15) is 12.7 Å². The summed E-state index contributed by atoms with van der Waals surface area (Å²) >= 11 is 0. The van der Waals surface area contributed by atoms with Crippen molar-refractivity contribution in [2.45, 2.75) is 0 Å². The van der Waals surface area contributed by atoms with Crippen LogP contribution in [0.5, 0.6) is 0 Å². The molecule has 0 aliphatic heterocycles. The highest BCUT2D eigenvalue weighted by atomic mass is 31.1. The molecule has 0 radical (unpaired) electrons. The lowest BCUT2D eigenvalue weighted by molar-refractivity contribution is 0.280. The van der Waals surface area contributed by atoms with Crippen molar-refractivity contribution in [2.75, 3.05) is 12.7 Å². The monoisotopic (exact) mass is 202 g/mol. The quantitative estimate of drug-likeness (QED) is 0.615. The van der Waals surface area contributed by atoms with Crippen molar-refractivity contribution >= 4 is 25.2 Å². The van der Waals surface area contributed by atoms with Crippen molar-refractivity contribution in [1.82, 2.24) is 0 Å². The topological polar surface area (TPSA) is 69.7 Å². The maximum Gasteiger partial charge on any atom is 0.320 e. The fourth-order valence-electron chi connectivity index (χ4n) is 0.200. The van der Waals surface area contributed by atoms with Crippen LogP contribution in [0.4, 0.5) is 0 Å². The fraction of sp³-hybridized carbons (Fsp3) is 1.00. The molecule has 0 rings (SSSR count). The third kappa shape index (κ3) is 6.47. The van der Waals surface area contributed by atoms with E-state index < -0.39 is 8.25 Å². The molecular weight excluding hydrogens is 197 g/mol. The number of hydrogen-bond donors (Lipinski definition) is 0. The van der Waals surface area contributed by atoms with Gasteiger partial charge in [0.25, 0.3) is 0 Å². The van der Waals surface area contributed by atoms with E-state index in [0.29, 0.717) is 0 Å². The first-order valence-corrected chi connectivity index (χ1v) is 5.41. The van der Waals surface area contributed by atoms with Gasteiger partial charge in [-0.1, -0.05) is 0 Å². The van der Waals surface area contributed by atoms with Crippen LogP contribution in [-0.4, -0.2) is 12.7 Å². The Morgan fingerprint density at radius 1 is 1.10 bits per heavy atom. The third-order valence-electron chi connectivity index (χ3n) is 0.470. The Bertz CT molecular complexity index is 121. The van der Waals surface area contributed by atoms with E-state index >= 15 is 0 Å². The molecule has 58 valence electrons.